The molecule has 6 heteroatoms. The van der Waals surface area contributed by atoms with Gasteiger partial charge >= 0.3 is 0 Å². The Hall–Kier alpha value is -2.47. The van der Waals surface area contributed by atoms with Gasteiger partial charge in [-0.1, -0.05) is 53.2 Å². The van der Waals surface area contributed by atoms with Gasteiger partial charge in [-0.3, -0.25) is 19.3 Å². The van der Waals surface area contributed by atoms with Crippen LogP contribution in [-0.4, -0.2) is 29.2 Å². The molecule has 2 N–H and O–H groups in total. The summed E-state index contributed by atoms with van der Waals surface area (Å²) < 4.78 is 0.536. The number of rotatable bonds is 4. The zero-order valence-corrected chi connectivity index (χ0v) is 14.5. The molecule has 1 aliphatic rings. The molecule has 1 unspecified atom stereocenters. The SMILES string of the molecule is CC(CN1C(=O)c2cc(Br)cc(C(N)=O)c2C1=O)c1ccccc1. The van der Waals surface area contributed by atoms with Crippen molar-refractivity contribution in [3.8, 4) is 0 Å². The Morgan fingerprint density at radius 1 is 1.17 bits per heavy atom. The molecule has 3 rings (SSSR count). The third kappa shape index (κ3) is 2.73. The molecule has 2 aromatic rings. The van der Waals surface area contributed by atoms with Crippen molar-refractivity contribution in [3.05, 3.63) is 69.2 Å². The number of halogens is 1. The zero-order chi connectivity index (χ0) is 17.4. The van der Waals surface area contributed by atoms with Crippen LogP contribution in [0.15, 0.2) is 46.9 Å². The molecule has 1 heterocycles. The van der Waals surface area contributed by atoms with E-state index in [1.54, 1.807) is 6.07 Å². The molecule has 122 valence electrons. The summed E-state index contributed by atoms with van der Waals surface area (Å²) >= 11 is 3.25. The van der Waals surface area contributed by atoms with Crippen LogP contribution >= 0.6 is 15.9 Å². The van der Waals surface area contributed by atoms with Crippen LogP contribution in [0, 0.1) is 0 Å². The molecular weight excluding hydrogens is 372 g/mol. The highest BCUT2D eigenvalue weighted by Crippen LogP contribution is 2.31. The fraction of sp³-hybridized carbons (Fsp3) is 0.167. The Kier molecular flexibility index (Phi) is 4.24. The van der Waals surface area contributed by atoms with E-state index < -0.39 is 17.7 Å². The molecule has 24 heavy (non-hydrogen) atoms. The van der Waals surface area contributed by atoms with Gasteiger partial charge in [-0.25, -0.2) is 0 Å². The number of carbonyl (C=O) groups is 3. The number of primary amides is 1. The molecule has 0 bridgehead atoms. The van der Waals surface area contributed by atoms with Crippen molar-refractivity contribution in [3.63, 3.8) is 0 Å². The topological polar surface area (TPSA) is 80.5 Å². The molecule has 0 fully saturated rings. The quantitative estimate of drug-likeness (QED) is 0.820. The van der Waals surface area contributed by atoms with Crippen molar-refractivity contribution in [2.45, 2.75) is 12.8 Å². The van der Waals surface area contributed by atoms with Gasteiger partial charge in [-0.2, -0.15) is 0 Å². The Balaban J connectivity index is 1.96. The second kappa shape index (κ2) is 6.20. The van der Waals surface area contributed by atoms with Gasteiger partial charge in [0.2, 0.25) is 5.91 Å². The molecule has 0 aromatic heterocycles. The van der Waals surface area contributed by atoms with Crippen LogP contribution in [0.25, 0.3) is 0 Å². The van der Waals surface area contributed by atoms with Crippen molar-refractivity contribution in [1.29, 1.82) is 0 Å². The van der Waals surface area contributed by atoms with Gasteiger partial charge in [0.05, 0.1) is 16.7 Å². The summed E-state index contributed by atoms with van der Waals surface area (Å²) in [6.07, 6.45) is 0. The van der Waals surface area contributed by atoms with E-state index >= 15 is 0 Å². The second-order valence-electron chi connectivity index (χ2n) is 5.77. The first kappa shape index (κ1) is 16.4. The van der Waals surface area contributed by atoms with Crippen LogP contribution < -0.4 is 5.73 Å². The molecule has 1 aliphatic heterocycles. The monoisotopic (exact) mass is 386 g/mol. The number of carbonyl (C=O) groups excluding carboxylic acids is 3. The number of hydrogen-bond acceptors (Lipinski definition) is 3. The predicted octanol–water partition coefficient (Wildman–Crippen LogP) is 2.95. The van der Waals surface area contributed by atoms with Gasteiger partial charge in [-0.05, 0) is 23.6 Å². The highest BCUT2D eigenvalue weighted by Gasteiger charge is 2.39. The van der Waals surface area contributed by atoms with Crippen LogP contribution in [0.2, 0.25) is 0 Å². The lowest BCUT2D eigenvalue weighted by atomic mass is 10.0. The van der Waals surface area contributed by atoms with Crippen molar-refractivity contribution in [1.82, 2.24) is 4.90 Å². The maximum absolute atomic E-state index is 12.7. The average Bonchev–Trinajstić information content (AvgIpc) is 2.79. The molecular formula is C18H15BrN2O3. The lowest BCUT2D eigenvalue weighted by Gasteiger charge is -2.19. The molecule has 0 radical (unpaired) electrons. The zero-order valence-electron chi connectivity index (χ0n) is 13.0. The smallest absolute Gasteiger partial charge is 0.262 e. The fourth-order valence-electron chi connectivity index (χ4n) is 2.90. The Labute approximate surface area is 147 Å². The molecule has 0 aliphatic carbocycles. The Morgan fingerprint density at radius 3 is 2.46 bits per heavy atom. The molecule has 0 saturated heterocycles. The summed E-state index contributed by atoms with van der Waals surface area (Å²) in [6.45, 7) is 2.19. The van der Waals surface area contributed by atoms with Crippen LogP contribution in [0.1, 0.15) is 49.5 Å². The van der Waals surface area contributed by atoms with Crippen molar-refractivity contribution >= 4 is 33.7 Å². The van der Waals surface area contributed by atoms with Gasteiger partial charge in [0.25, 0.3) is 11.8 Å². The summed E-state index contributed by atoms with van der Waals surface area (Å²) in [7, 11) is 0. The number of benzene rings is 2. The van der Waals surface area contributed by atoms with E-state index in [-0.39, 0.29) is 29.2 Å². The van der Waals surface area contributed by atoms with Crippen LogP contribution in [0.3, 0.4) is 0 Å². The minimum Gasteiger partial charge on any atom is -0.366 e. The van der Waals surface area contributed by atoms with Crippen LogP contribution in [0.4, 0.5) is 0 Å². The molecule has 0 spiro atoms. The first-order valence-electron chi connectivity index (χ1n) is 7.44. The summed E-state index contributed by atoms with van der Waals surface area (Å²) in [4.78, 5) is 38.1. The minimum atomic E-state index is -0.730. The number of imide groups is 1. The number of fused-ring (bicyclic) bond motifs is 1. The predicted molar refractivity (Wildman–Crippen MR) is 92.9 cm³/mol. The van der Waals surface area contributed by atoms with Crippen molar-refractivity contribution in [2.24, 2.45) is 5.73 Å². The lowest BCUT2D eigenvalue weighted by Crippen LogP contribution is -2.33. The van der Waals surface area contributed by atoms with Gasteiger partial charge in [-0.15, -0.1) is 0 Å². The third-order valence-electron chi connectivity index (χ3n) is 4.13. The third-order valence-corrected chi connectivity index (χ3v) is 4.59. The van der Waals surface area contributed by atoms with E-state index in [4.69, 9.17) is 5.73 Å². The van der Waals surface area contributed by atoms with Gasteiger partial charge in [0.15, 0.2) is 0 Å². The van der Waals surface area contributed by atoms with E-state index in [1.807, 2.05) is 37.3 Å². The summed E-state index contributed by atoms with van der Waals surface area (Å²) in [5.41, 5.74) is 6.76. The molecule has 2 aromatic carbocycles. The minimum absolute atomic E-state index is 0.0196. The fourth-order valence-corrected chi connectivity index (χ4v) is 3.36. The Bertz CT molecular complexity index is 849. The first-order chi connectivity index (χ1) is 11.4. The van der Waals surface area contributed by atoms with E-state index in [9.17, 15) is 14.4 Å². The van der Waals surface area contributed by atoms with Crippen molar-refractivity contribution < 1.29 is 14.4 Å². The number of nitrogens with zero attached hydrogens (tertiary/aromatic N) is 1. The normalized spacial score (nSPS) is 14.7. The van der Waals surface area contributed by atoms with Crippen molar-refractivity contribution in [2.75, 3.05) is 6.54 Å². The van der Waals surface area contributed by atoms with E-state index in [0.717, 1.165) is 5.56 Å². The Morgan fingerprint density at radius 2 is 1.83 bits per heavy atom. The molecule has 5 nitrogen and oxygen atoms in total. The van der Waals surface area contributed by atoms with E-state index in [2.05, 4.69) is 15.9 Å². The lowest BCUT2D eigenvalue weighted by molar-refractivity contribution is 0.0644. The molecule has 3 amide bonds. The van der Waals surface area contributed by atoms with Gasteiger partial charge in [0.1, 0.15) is 0 Å². The second-order valence-corrected chi connectivity index (χ2v) is 6.69. The highest BCUT2D eigenvalue weighted by molar-refractivity contribution is 9.10. The summed E-state index contributed by atoms with van der Waals surface area (Å²) in [6, 6.07) is 12.7. The average molecular weight is 387 g/mol. The first-order valence-corrected chi connectivity index (χ1v) is 8.24. The highest BCUT2D eigenvalue weighted by atomic mass is 79.9. The van der Waals surface area contributed by atoms with Crippen LogP contribution in [-0.2, 0) is 0 Å². The summed E-state index contributed by atoms with van der Waals surface area (Å²) in [5, 5.41) is 0. The van der Waals surface area contributed by atoms with E-state index in [1.165, 1.54) is 11.0 Å². The van der Waals surface area contributed by atoms with Gasteiger partial charge < -0.3 is 5.73 Å². The van der Waals surface area contributed by atoms with Gasteiger partial charge in [0, 0.05) is 11.0 Å². The maximum Gasteiger partial charge on any atom is 0.262 e. The molecule has 0 saturated carbocycles. The standard InChI is InChI=1S/C18H15BrN2O3/c1-10(11-5-3-2-4-6-11)9-21-17(23)14-8-12(19)7-13(16(20)22)15(14)18(21)24/h2-8,10H,9H2,1H3,(H2,20,22). The number of amides is 3. The van der Waals surface area contributed by atoms with Crippen LogP contribution in [0.5, 0.6) is 0 Å². The number of hydrogen-bond donors (Lipinski definition) is 1. The largest absolute Gasteiger partial charge is 0.366 e. The van der Waals surface area contributed by atoms with E-state index in [0.29, 0.717) is 4.47 Å². The maximum atomic E-state index is 12.7. The molecule has 1 atom stereocenters. The number of nitrogens with two attached hydrogens (primary N) is 1. The summed E-state index contributed by atoms with van der Waals surface area (Å²) in [5.74, 6) is -1.62.